The molecule has 26 heavy (non-hydrogen) atoms. The lowest BCUT2D eigenvalue weighted by Gasteiger charge is -2.41. The Kier molecular flexibility index (Phi) is 6.14. The van der Waals surface area contributed by atoms with Crippen molar-refractivity contribution < 1.29 is 9.90 Å². The average Bonchev–Trinajstić information content (AvgIpc) is 2.72. The fraction of sp³-hybridized carbons (Fsp3) is 0.350. The Hall–Kier alpha value is -0.850. The summed E-state index contributed by atoms with van der Waals surface area (Å²) >= 11 is 7.86. The maximum atomic E-state index is 13.7. The number of β-amino-alcohol motifs (C(OH)–C–C–N with tert-alkyl or cyclic N) is 1. The smallest absolute Gasteiger partial charge is 0.174 e. The minimum Gasteiger partial charge on any atom is -0.395 e. The van der Waals surface area contributed by atoms with Crippen molar-refractivity contribution >= 4 is 46.1 Å². The minimum atomic E-state index is -0.495. The van der Waals surface area contributed by atoms with E-state index in [-0.39, 0.29) is 29.4 Å². The number of hydrogen-bond acceptors (Lipinski definition) is 4. The molecule has 2 aromatic rings. The Labute approximate surface area is 173 Å². The lowest BCUT2D eigenvalue weighted by atomic mass is 9.68. The number of halogens is 2. The van der Waals surface area contributed by atoms with Crippen LogP contribution in [0.25, 0.3) is 0 Å². The van der Waals surface area contributed by atoms with Crippen LogP contribution in [0.2, 0.25) is 5.02 Å². The number of fused-ring (bicyclic) bond motifs is 3. The van der Waals surface area contributed by atoms with Crippen LogP contribution < -0.4 is 0 Å². The molecule has 138 valence electrons. The topological polar surface area (TPSA) is 40.5 Å². The first-order chi connectivity index (χ1) is 12.1. The van der Waals surface area contributed by atoms with Crippen molar-refractivity contribution in [1.29, 1.82) is 0 Å². The van der Waals surface area contributed by atoms with Crippen molar-refractivity contribution in [2.45, 2.75) is 28.0 Å². The average molecular weight is 455 g/mol. The second-order valence-corrected chi connectivity index (χ2v) is 8.24. The van der Waals surface area contributed by atoms with Crippen LogP contribution >= 0.6 is 40.3 Å². The number of Topliss-reactive ketones (excluding diaryl/α,β-unsaturated/α-hetero) is 1. The molecule has 1 fully saturated rings. The Morgan fingerprint density at radius 1 is 1.12 bits per heavy atom. The molecular weight excluding hydrogens is 434 g/mol. The van der Waals surface area contributed by atoms with Gasteiger partial charge in [0, 0.05) is 26.9 Å². The molecule has 2 aromatic carbocycles. The van der Waals surface area contributed by atoms with Gasteiger partial charge in [0.25, 0.3) is 0 Å². The summed E-state index contributed by atoms with van der Waals surface area (Å²) in [5.41, 5.74) is 1.39. The van der Waals surface area contributed by atoms with E-state index in [1.165, 1.54) is 0 Å². The van der Waals surface area contributed by atoms with Gasteiger partial charge >= 0.3 is 0 Å². The predicted octanol–water partition coefficient (Wildman–Crippen LogP) is 4.59. The molecule has 0 saturated carbocycles. The van der Waals surface area contributed by atoms with Crippen molar-refractivity contribution in [2.75, 3.05) is 26.2 Å². The van der Waals surface area contributed by atoms with Crippen molar-refractivity contribution in [2.24, 2.45) is 0 Å². The van der Waals surface area contributed by atoms with Gasteiger partial charge in [0.2, 0.25) is 0 Å². The van der Waals surface area contributed by atoms with E-state index in [9.17, 15) is 9.90 Å². The second-order valence-electron chi connectivity index (χ2n) is 6.72. The first kappa shape index (κ1) is 19.9. The molecule has 1 saturated heterocycles. The number of carbonyl (C=O) groups excluding carboxylic acids is 1. The van der Waals surface area contributed by atoms with Crippen molar-refractivity contribution in [1.82, 2.24) is 4.90 Å². The first-order valence-electron chi connectivity index (χ1n) is 8.59. The van der Waals surface area contributed by atoms with Crippen LogP contribution in [0.3, 0.4) is 0 Å². The number of benzene rings is 2. The highest BCUT2D eigenvalue weighted by Gasteiger charge is 2.46. The van der Waals surface area contributed by atoms with Gasteiger partial charge in [-0.3, -0.25) is 4.79 Å². The molecule has 1 spiro atoms. The zero-order valence-corrected chi connectivity index (χ0v) is 17.6. The second kappa shape index (κ2) is 8.03. The summed E-state index contributed by atoms with van der Waals surface area (Å²) in [6.45, 7) is 2.47. The molecule has 2 aliphatic heterocycles. The lowest BCUT2D eigenvalue weighted by molar-refractivity contribution is 0.0743. The standard InChI is InChI=1S/C20H20ClNO2S.BrH/c21-14-5-6-17-15(13-14)19(24)20(7-9-22(10-8-20)11-12-23)16-3-1-2-4-18(16)25-17;/h1-6,13,23H,7-12H2;1H. The van der Waals surface area contributed by atoms with Crippen LogP contribution in [0.4, 0.5) is 0 Å². The molecule has 3 nitrogen and oxygen atoms in total. The third-order valence-corrected chi connectivity index (χ3v) is 6.76. The summed E-state index contributed by atoms with van der Waals surface area (Å²) in [6, 6.07) is 13.9. The van der Waals surface area contributed by atoms with Gasteiger partial charge < -0.3 is 10.0 Å². The van der Waals surface area contributed by atoms with Crippen LogP contribution in [0.1, 0.15) is 28.8 Å². The molecule has 0 amide bonds. The van der Waals surface area contributed by atoms with E-state index in [0.29, 0.717) is 11.6 Å². The number of rotatable bonds is 2. The Bertz CT molecular complexity index is 821. The number of likely N-dealkylation sites (tertiary alicyclic amines) is 1. The highest BCUT2D eigenvalue weighted by molar-refractivity contribution is 8.93. The summed E-state index contributed by atoms with van der Waals surface area (Å²) in [7, 11) is 0. The van der Waals surface area contributed by atoms with E-state index in [1.807, 2.05) is 30.3 Å². The summed E-state index contributed by atoms with van der Waals surface area (Å²) in [4.78, 5) is 18.0. The number of nitrogens with zero attached hydrogens (tertiary/aromatic N) is 1. The maximum absolute atomic E-state index is 13.7. The number of piperidine rings is 1. The van der Waals surface area contributed by atoms with E-state index in [2.05, 4.69) is 17.0 Å². The van der Waals surface area contributed by atoms with Crippen LogP contribution in [0, 0.1) is 0 Å². The van der Waals surface area contributed by atoms with E-state index in [0.717, 1.165) is 46.8 Å². The van der Waals surface area contributed by atoms with Gasteiger partial charge in [-0.2, -0.15) is 0 Å². The summed E-state index contributed by atoms with van der Waals surface area (Å²) < 4.78 is 0. The van der Waals surface area contributed by atoms with E-state index in [1.54, 1.807) is 11.8 Å². The fourth-order valence-electron chi connectivity index (χ4n) is 4.01. The number of ketones is 1. The lowest BCUT2D eigenvalue weighted by Crippen LogP contribution is -2.48. The van der Waals surface area contributed by atoms with Gasteiger partial charge in [-0.15, -0.1) is 17.0 Å². The van der Waals surface area contributed by atoms with Crippen LogP contribution in [-0.2, 0) is 5.41 Å². The molecule has 6 heteroatoms. The van der Waals surface area contributed by atoms with Gasteiger partial charge in [0.05, 0.1) is 12.0 Å². The predicted molar refractivity (Wildman–Crippen MR) is 111 cm³/mol. The highest BCUT2D eigenvalue weighted by Crippen LogP contribution is 2.49. The third-order valence-electron chi connectivity index (χ3n) is 5.37. The molecule has 1 N–H and O–H groups in total. The molecule has 2 aliphatic rings. The Morgan fingerprint density at radius 2 is 1.85 bits per heavy atom. The van der Waals surface area contributed by atoms with Gasteiger partial charge in [-0.1, -0.05) is 41.6 Å². The monoisotopic (exact) mass is 453 g/mol. The zero-order valence-electron chi connectivity index (χ0n) is 14.3. The zero-order chi connectivity index (χ0) is 17.4. The SMILES string of the molecule is Br.O=C1c2cc(Cl)ccc2Sc2ccccc2C12CCN(CCO)CC2. The van der Waals surface area contributed by atoms with Crippen LogP contribution in [0.5, 0.6) is 0 Å². The van der Waals surface area contributed by atoms with Gasteiger partial charge in [0.1, 0.15) is 0 Å². The molecule has 4 rings (SSSR count). The van der Waals surface area contributed by atoms with Crippen molar-refractivity contribution in [3.63, 3.8) is 0 Å². The minimum absolute atomic E-state index is 0. The Morgan fingerprint density at radius 3 is 2.58 bits per heavy atom. The van der Waals surface area contributed by atoms with Crippen molar-refractivity contribution in [3.8, 4) is 0 Å². The van der Waals surface area contributed by atoms with Crippen LogP contribution in [0.15, 0.2) is 52.3 Å². The highest BCUT2D eigenvalue weighted by atomic mass is 79.9. The largest absolute Gasteiger partial charge is 0.395 e. The quantitative estimate of drug-likeness (QED) is 0.720. The molecule has 0 bridgehead atoms. The maximum Gasteiger partial charge on any atom is 0.174 e. The van der Waals surface area contributed by atoms with Gasteiger partial charge in [-0.05, 0) is 55.8 Å². The first-order valence-corrected chi connectivity index (χ1v) is 9.78. The van der Waals surface area contributed by atoms with E-state index < -0.39 is 5.41 Å². The molecular formula is C20H21BrClNO2S. The number of hydrogen-bond donors (Lipinski definition) is 1. The Balaban J connectivity index is 0.00000196. The molecule has 2 heterocycles. The van der Waals surface area contributed by atoms with Crippen LogP contribution in [-0.4, -0.2) is 42.0 Å². The molecule has 0 atom stereocenters. The number of aliphatic hydroxyl groups is 1. The van der Waals surface area contributed by atoms with Gasteiger partial charge in [-0.25, -0.2) is 0 Å². The molecule has 0 radical (unpaired) electrons. The van der Waals surface area contributed by atoms with Crippen molar-refractivity contribution in [3.05, 3.63) is 58.6 Å². The third kappa shape index (κ3) is 3.36. The summed E-state index contributed by atoms with van der Waals surface area (Å²) in [5.74, 6) is 0.186. The van der Waals surface area contributed by atoms with E-state index >= 15 is 0 Å². The number of aliphatic hydroxyl groups excluding tert-OH is 1. The summed E-state index contributed by atoms with van der Waals surface area (Å²) in [5, 5.41) is 9.81. The fourth-order valence-corrected chi connectivity index (χ4v) is 5.34. The molecule has 0 unspecified atom stereocenters. The van der Waals surface area contributed by atoms with Gasteiger partial charge in [0.15, 0.2) is 5.78 Å². The summed E-state index contributed by atoms with van der Waals surface area (Å²) in [6.07, 6.45) is 1.55. The molecule has 0 aliphatic carbocycles. The molecule has 0 aromatic heterocycles. The van der Waals surface area contributed by atoms with E-state index in [4.69, 9.17) is 11.6 Å². The normalized spacial score (nSPS) is 18.6. The number of carbonyl (C=O) groups is 1.